The van der Waals surface area contributed by atoms with E-state index in [1.165, 1.54) is 30.5 Å². The summed E-state index contributed by atoms with van der Waals surface area (Å²) in [4.78, 5) is 2.44. The van der Waals surface area contributed by atoms with E-state index < -0.39 is 0 Å². The van der Waals surface area contributed by atoms with Gasteiger partial charge < -0.3 is 9.84 Å². The van der Waals surface area contributed by atoms with Gasteiger partial charge in [-0.15, -0.1) is 0 Å². The van der Waals surface area contributed by atoms with E-state index in [-0.39, 0.29) is 11.6 Å². The second-order valence-electron chi connectivity index (χ2n) is 6.90. The number of halogens is 1. The van der Waals surface area contributed by atoms with Gasteiger partial charge in [-0.05, 0) is 74.0 Å². The lowest BCUT2D eigenvalue weighted by atomic mass is 9.91. The largest absolute Gasteiger partial charge is 0.508 e. The molecule has 0 amide bonds. The van der Waals surface area contributed by atoms with Gasteiger partial charge in [0.25, 0.3) is 0 Å². The summed E-state index contributed by atoms with van der Waals surface area (Å²) >= 11 is 0. The Morgan fingerprint density at radius 1 is 1.20 bits per heavy atom. The van der Waals surface area contributed by atoms with E-state index >= 15 is 0 Å². The maximum Gasteiger partial charge on any atom is 0.123 e. The maximum absolute atomic E-state index is 13.0. The number of nitrogens with zero attached hydrogens (tertiary/aromatic N) is 1. The molecule has 1 fully saturated rings. The van der Waals surface area contributed by atoms with E-state index in [1.807, 2.05) is 18.2 Å². The van der Waals surface area contributed by atoms with Crippen LogP contribution in [-0.4, -0.2) is 30.2 Å². The summed E-state index contributed by atoms with van der Waals surface area (Å²) in [6.45, 7) is 2.93. The molecule has 0 aliphatic carbocycles. The third-order valence-corrected chi connectivity index (χ3v) is 5.02. The SMILES string of the molecule is COc1ccc(O)cc1CN1CCCC(CCc2ccc(F)cc2)C1. The van der Waals surface area contributed by atoms with Crippen LogP contribution in [0.25, 0.3) is 0 Å². The zero-order chi connectivity index (χ0) is 17.6. The van der Waals surface area contributed by atoms with E-state index in [0.717, 1.165) is 43.8 Å². The zero-order valence-electron chi connectivity index (χ0n) is 14.7. The van der Waals surface area contributed by atoms with Crippen molar-refractivity contribution in [3.8, 4) is 11.5 Å². The van der Waals surface area contributed by atoms with E-state index in [0.29, 0.717) is 5.92 Å². The average Bonchev–Trinajstić information content (AvgIpc) is 2.62. The maximum atomic E-state index is 13.0. The summed E-state index contributed by atoms with van der Waals surface area (Å²) in [5.41, 5.74) is 2.23. The van der Waals surface area contributed by atoms with Crippen molar-refractivity contribution in [2.75, 3.05) is 20.2 Å². The number of piperidine rings is 1. The smallest absolute Gasteiger partial charge is 0.123 e. The van der Waals surface area contributed by atoms with Gasteiger partial charge in [0.2, 0.25) is 0 Å². The Labute approximate surface area is 149 Å². The normalized spacial score (nSPS) is 18.2. The van der Waals surface area contributed by atoms with Crippen LogP contribution in [0.3, 0.4) is 0 Å². The van der Waals surface area contributed by atoms with Gasteiger partial charge >= 0.3 is 0 Å². The van der Waals surface area contributed by atoms with Gasteiger partial charge in [0.05, 0.1) is 7.11 Å². The molecule has 4 heteroatoms. The molecule has 1 aliphatic rings. The number of benzene rings is 2. The minimum atomic E-state index is -0.173. The van der Waals surface area contributed by atoms with Crippen molar-refractivity contribution < 1.29 is 14.2 Å². The predicted octanol–water partition coefficient (Wildman–Crippen LogP) is 4.38. The van der Waals surface area contributed by atoms with Crippen molar-refractivity contribution in [2.45, 2.75) is 32.2 Å². The molecule has 3 rings (SSSR count). The van der Waals surface area contributed by atoms with Gasteiger partial charge in [-0.25, -0.2) is 4.39 Å². The van der Waals surface area contributed by atoms with Gasteiger partial charge in [0.15, 0.2) is 0 Å². The fourth-order valence-electron chi connectivity index (χ4n) is 3.68. The standard InChI is InChI=1S/C21H26FNO2/c1-25-21-11-10-20(24)13-18(21)15-23-12-2-3-17(14-23)5-4-16-6-8-19(22)9-7-16/h6-11,13,17,24H,2-5,12,14-15H2,1H3. The second kappa shape index (κ2) is 8.34. The average molecular weight is 343 g/mol. The van der Waals surface area contributed by atoms with Crippen molar-refractivity contribution in [3.63, 3.8) is 0 Å². The van der Waals surface area contributed by atoms with E-state index in [1.54, 1.807) is 19.2 Å². The lowest BCUT2D eigenvalue weighted by Gasteiger charge is -2.33. The Balaban J connectivity index is 1.56. The number of phenols is 1. The van der Waals surface area contributed by atoms with Crippen LogP contribution in [0.1, 0.15) is 30.4 Å². The van der Waals surface area contributed by atoms with Crippen molar-refractivity contribution in [2.24, 2.45) is 5.92 Å². The van der Waals surface area contributed by atoms with Gasteiger partial charge in [-0.2, -0.15) is 0 Å². The summed E-state index contributed by atoms with van der Waals surface area (Å²) < 4.78 is 18.4. The van der Waals surface area contributed by atoms with Crippen LogP contribution in [-0.2, 0) is 13.0 Å². The van der Waals surface area contributed by atoms with E-state index in [9.17, 15) is 9.50 Å². The number of likely N-dealkylation sites (tertiary alicyclic amines) is 1. The van der Waals surface area contributed by atoms with Gasteiger partial charge in [0.1, 0.15) is 17.3 Å². The Morgan fingerprint density at radius 3 is 2.76 bits per heavy atom. The molecule has 0 bridgehead atoms. The molecular weight excluding hydrogens is 317 g/mol. The Morgan fingerprint density at radius 2 is 2.00 bits per heavy atom. The van der Waals surface area contributed by atoms with Crippen molar-refractivity contribution in [1.82, 2.24) is 4.90 Å². The van der Waals surface area contributed by atoms with Crippen LogP contribution in [0.2, 0.25) is 0 Å². The minimum absolute atomic E-state index is 0.173. The number of ether oxygens (including phenoxy) is 1. The molecule has 0 spiro atoms. The summed E-state index contributed by atoms with van der Waals surface area (Å²) in [7, 11) is 1.66. The first-order valence-electron chi connectivity index (χ1n) is 8.96. The highest BCUT2D eigenvalue weighted by Crippen LogP contribution is 2.28. The second-order valence-corrected chi connectivity index (χ2v) is 6.90. The molecule has 25 heavy (non-hydrogen) atoms. The fourth-order valence-corrected chi connectivity index (χ4v) is 3.68. The minimum Gasteiger partial charge on any atom is -0.508 e. The van der Waals surface area contributed by atoms with Crippen LogP contribution in [0, 0.1) is 11.7 Å². The molecule has 0 radical (unpaired) electrons. The van der Waals surface area contributed by atoms with Gasteiger partial charge in [-0.3, -0.25) is 4.90 Å². The van der Waals surface area contributed by atoms with Crippen LogP contribution in [0.15, 0.2) is 42.5 Å². The number of rotatable bonds is 6. The van der Waals surface area contributed by atoms with E-state index in [2.05, 4.69) is 4.90 Å². The van der Waals surface area contributed by atoms with Crippen LogP contribution in [0.5, 0.6) is 11.5 Å². The van der Waals surface area contributed by atoms with Crippen LogP contribution >= 0.6 is 0 Å². The van der Waals surface area contributed by atoms with E-state index in [4.69, 9.17) is 4.74 Å². The molecule has 3 nitrogen and oxygen atoms in total. The molecule has 2 aromatic carbocycles. The summed E-state index contributed by atoms with van der Waals surface area (Å²) in [6.07, 6.45) is 4.55. The number of aromatic hydroxyl groups is 1. The van der Waals surface area contributed by atoms with Crippen molar-refractivity contribution >= 4 is 0 Å². The number of hydrogen-bond acceptors (Lipinski definition) is 3. The lowest BCUT2D eigenvalue weighted by molar-refractivity contribution is 0.160. The van der Waals surface area contributed by atoms with Crippen molar-refractivity contribution in [3.05, 3.63) is 59.4 Å². The molecule has 0 saturated carbocycles. The first-order chi connectivity index (χ1) is 12.1. The first-order valence-corrected chi connectivity index (χ1v) is 8.96. The third kappa shape index (κ3) is 4.95. The lowest BCUT2D eigenvalue weighted by Crippen LogP contribution is -2.35. The van der Waals surface area contributed by atoms with Gasteiger partial charge in [-0.1, -0.05) is 12.1 Å². The Bertz CT molecular complexity index is 687. The number of phenolic OH excluding ortho intramolecular Hbond substituents is 1. The molecule has 2 aromatic rings. The summed E-state index contributed by atoms with van der Waals surface area (Å²) in [5.74, 6) is 1.58. The van der Waals surface area contributed by atoms with Crippen LogP contribution in [0.4, 0.5) is 4.39 Å². The molecule has 1 N–H and O–H groups in total. The molecule has 134 valence electrons. The summed E-state index contributed by atoms with van der Waals surface area (Å²) in [6, 6.07) is 12.1. The monoisotopic (exact) mass is 343 g/mol. The number of methoxy groups -OCH3 is 1. The molecule has 1 atom stereocenters. The molecular formula is C21H26FNO2. The highest BCUT2D eigenvalue weighted by molar-refractivity contribution is 5.39. The fraction of sp³-hybridized carbons (Fsp3) is 0.429. The van der Waals surface area contributed by atoms with Crippen LogP contribution < -0.4 is 4.74 Å². The predicted molar refractivity (Wildman–Crippen MR) is 97.4 cm³/mol. The molecule has 1 saturated heterocycles. The molecule has 1 heterocycles. The molecule has 1 aliphatic heterocycles. The highest BCUT2D eigenvalue weighted by Gasteiger charge is 2.21. The quantitative estimate of drug-likeness (QED) is 0.845. The topological polar surface area (TPSA) is 32.7 Å². The Hall–Kier alpha value is -2.07. The first kappa shape index (κ1) is 17.7. The number of aryl methyl sites for hydroxylation is 1. The Kier molecular flexibility index (Phi) is 5.92. The molecule has 0 aromatic heterocycles. The summed E-state index contributed by atoms with van der Waals surface area (Å²) in [5, 5.41) is 9.74. The van der Waals surface area contributed by atoms with Crippen molar-refractivity contribution in [1.29, 1.82) is 0 Å². The van der Waals surface area contributed by atoms with Gasteiger partial charge in [0, 0.05) is 18.7 Å². The molecule has 1 unspecified atom stereocenters. The third-order valence-electron chi connectivity index (χ3n) is 5.02. The number of hydrogen-bond donors (Lipinski definition) is 1. The zero-order valence-corrected chi connectivity index (χ0v) is 14.7. The highest BCUT2D eigenvalue weighted by atomic mass is 19.1.